The van der Waals surface area contributed by atoms with Crippen molar-refractivity contribution in [2.45, 2.75) is 25.7 Å². The fourth-order valence-corrected chi connectivity index (χ4v) is 3.90. The molecule has 0 aliphatic rings. The average Bonchev–Trinajstić information content (AvgIpc) is 3.36. The molecule has 0 radical (unpaired) electrons. The van der Waals surface area contributed by atoms with Crippen molar-refractivity contribution in [2.24, 2.45) is 0 Å². The zero-order valence-corrected chi connectivity index (χ0v) is 16.4. The van der Waals surface area contributed by atoms with Gasteiger partial charge in [0, 0.05) is 18.3 Å². The van der Waals surface area contributed by atoms with E-state index in [2.05, 4.69) is 27.8 Å². The van der Waals surface area contributed by atoms with E-state index in [0.717, 1.165) is 18.5 Å². The number of aromatic nitrogens is 1. The predicted octanol–water partition coefficient (Wildman–Crippen LogP) is 4.14. The number of amides is 2. The lowest BCUT2D eigenvalue weighted by atomic mass is 10.1. The molecule has 2 amide bonds. The van der Waals surface area contributed by atoms with E-state index in [0.29, 0.717) is 29.4 Å². The minimum atomic E-state index is -0.151. The smallest absolute Gasteiger partial charge is 0.267 e. The molecule has 0 bridgehead atoms. The Morgan fingerprint density at radius 1 is 1.00 bits per heavy atom. The number of thiophene rings is 1. The number of rotatable bonds is 9. The Kier molecular flexibility index (Phi) is 7.12. The van der Waals surface area contributed by atoms with Crippen LogP contribution in [0.15, 0.2) is 53.2 Å². The molecule has 2 aromatic heterocycles. The first-order chi connectivity index (χ1) is 13.2. The van der Waals surface area contributed by atoms with Gasteiger partial charge in [-0.2, -0.15) is 0 Å². The van der Waals surface area contributed by atoms with Crippen molar-refractivity contribution in [1.82, 2.24) is 10.3 Å². The minimum Gasteiger partial charge on any atom is -0.356 e. The van der Waals surface area contributed by atoms with E-state index in [1.807, 2.05) is 35.0 Å². The second kappa shape index (κ2) is 9.99. The van der Waals surface area contributed by atoms with Crippen LogP contribution in [0.2, 0.25) is 0 Å². The molecule has 2 N–H and O–H groups in total. The Balaban J connectivity index is 1.34. The first-order valence-corrected chi connectivity index (χ1v) is 10.6. The highest BCUT2D eigenvalue weighted by molar-refractivity contribution is 7.14. The van der Waals surface area contributed by atoms with Crippen LogP contribution in [0.25, 0.3) is 0 Å². The summed E-state index contributed by atoms with van der Waals surface area (Å²) in [5, 5.41) is 10.0. The predicted molar refractivity (Wildman–Crippen MR) is 110 cm³/mol. The fraction of sp³-hybridized carbons (Fsp3) is 0.250. The van der Waals surface area contributed by atoms with Crippen LogP contribution >= 0.6 is 22.7 Å². The number of carbonyl (C=O) groups is 2. The number of benzene rings is 1. The molecule has 0 aliphatic carbocycles. The summed E-state index contributed by atoms with van der Waals surface area (Å²) in [6, 6.07) is 13.9. The molecule has 2 heterocycles. The van der Waals surface area contributed by atoms with Gasteiger partial charge in [0.05, 0.1) is 10.6 Å². The van der Waals surface area contributed by atoms with Gasteiger partial charge >= 0.3 is 0 Å². The summed E-state index contributed by atoms with van der Waals surface area (Å²) in [7, 11) is 0. The van der Waals surface area contributed by atoms with Crippen molar-refractivity contribution in [3.05, 3.63) is 69.4 Å². The second-order valence-corrected chi connectivity index (χ2v) is 7.82. The zero-order valence-electron chi connectivity index (χ0n) is 14.8. The lowest BCUT2D eigenvalue weighted by molar-refractivity contribution is -0.121. The van der Waals surface area contributed by atoms with Gasteiger partial charge in [0.1, 0.15) is 0 Å². The molecule has 7 heteroatoms. The largest absolute Gasteiger partial charge is 0.356 e. The van der Waals surface area contributed by atoms with E-state index in [9.17, 15) is 9.59 Å². The minimum absolute atomic E-state index is 0.0280. The maximum Gasteiger partial charge on any atom is 0.267 e. The number of carbonyl (C=O) groups excluding carboxylic acids is 2. The number of nitrogens with zero attached hydrogens (tertiary/aromatic N) is 1. The summed E-state index contributed by atoms with van der Waals surface area (Å²) in [5.41, 5.74) is 2.10. The molecule has 5 nitrogen and oxygen atoms in total. The topological polar surface area (TPSA) is 71.1 Å². The summed E-state index contributed by atoms with van der Waals surface area (Å²) < 4.78 is 0. The molecule has 27 heavy (non-hydrogen) atoms. The molecule has 0 fully saturated rings. The lowest BCUT2D eigenvalue weighted by Crippen LogP contribution is -2.25. The van der Waals surface area contributed by atoms with Crippen molar-refractivity contribution < 1.29 is 9.59 Å². The molecule has 0 unspecified atom stereocenters. The van der Waals surface area contributed by atoms with Gasteiger partial charge in [-0.3, -0.25) is 14.9 Å². The standard InChI is InChI=1S/C20H21N3O2S2/c24-18(21-12-4-8-15-6-2-1-3-7-15)11-10-16-14-27-20(22-16)23-19(25)17-9-5-13-26-17/h1-3,5-7,9,13-14H,4,8,10-12H2,(H,21,24)(H,22,23,25). The zero-order chi connectivity index (χ0) is 18.9. The molecule has 3 aromatic rings. The van der Waals surface area contributed by atoms with E-state index in [4.69, 9.17) is 0 Å². The number of hydrogen-bond acceptors (Lipinski definition) is 5. The highest BCUT2D eigenvalue weighted by Crippen LogP contribution is 2.18. The first kappa shape index (κ1) is 19.3. The van der Waals surface area contributed by atoms with Crippen molar-refractivity contribution in [3.8, 4) is 0 Å². The summed E-state index contributed by atoms with van der Waals surface area (Å²) in [6.07, 6.45) is 2.84. The van der Waals surface area contributed by atoms with Crippen molar-refractivity contribution in [2.75, 3.05) is 11.9 Å². The SMILES string of the molecule is O=C(CCc1csc(NC(=O)c2cccs2)n1)NCCCc1ccccc1. The quantitative estimate of drug-likeness (QED) is 0.531. The summed E-state index contributed by atoms with van der Waals surface area (Å²) in [4.78, 5) is 29.0. The van der Waals surface area contributed by atoms with Crippen molar-refractivity contribution >= 4 is 39.6 Å². The Bertz CT molecular complexity index is 861. The van der Waals surface area contributed by atoms with Crippen LogP contribution in [0.5, 0.6) is 0 Å². The summed E-state index contributed by atoms with van der Waals surface area (Å²) >= 11 is 2.77. The molecule has 140 valence electrons. The highest BCUT2D eigenvalue weighted by Gasteiger charge is 2.10. The molecular weight excluding hydrogens is 378 g/mol. The van der Waals surface area contributed by atoms with Gasteiger partial charge in [-0.1, -0.05) is 36.4 Å². The van der Waals surface area contributed by atoms with E-state index in [1.165, 1.54) is 28.2 Å². The third-order valence-corrected chi connectivity index (χ3v) is 5.61. The Morgan fingerprint density at radius 3 is 2.63 bits per heavy atom. The van der Waals surface area contributed by atoms with Crippen LogP contribution in [0.4, 0.5) is 5.13 Å². The number of thiazole rings is 1. The maximum absolute atomic E-state index is 12.0. The second-order valence-electron chi connectivity index (χ2n) is 6.01. The number of anilines is 1. The Hall–Kier alpha value is -2.51. The maximum atomic E-state index is 12.0. The van der Waals surface area contributed by atoms with Gasteiger partial charge in [-0.25, -0.2) is 4.98 Å². The lowest BCUT2D eigenvalue weighted by Gasteiger charge is -2.05. The van der Waals surface area contributed by atoms with Gasteiger partial charge in [0.25, 0.3) is 5.91 Å². The normalized spacial score (nSPS) is 10.5. The van der Waals surface area contributed by atoms with Crippen LogP contribution in [0.3, 0.4) is 0 Å². The van der Waals surface area contributed by atoms with E-state index >= 15 is 0 Å². The molecule has 0 saturated carbocycles. The van der Waals surface area contributed by atoms with Gasteiger partial charge in [-0.05, 0) is 36.3 Å². The van der Waals surface area contributed by atoms with Crippen molar-refractivity contribution in [1.29, 1.82) is 0 Å². The van der Waals surface area contributed by atoms with Gasteiger partial charge in [0.15, 0.2) is 5.13 Å². The third kappa shape index (κ3) is 6.30. The Morgan fingerprint density at radius 2 is 1.85 bits per heavy atom. The van der Waals surface area contributed by atoms with E-state index in [-0.39, 0.29) is 11.8 Å². The summed E-state index contributed by atoms with van der Waals surface area (Å²) in [5.74, 6) is -0.123. The first-order valence-electron chi connectivity index (χ1n) is 8.80. The van der Waals surface area contributed by atoms with E-state index < -0.39 is 0 Å². The number of hydrogen-bond donors (Lipinski definition) is 2. The molecule has 0 saturated heterocycles. The van der Waals surface area contributed by atoms with Crippen LogP contribution in [-0.2, 0) is 17.6 Å². The molecule has 0 atom stereocenters. The van der Waals surface area contributed by atoms with Crippen LogP contribution in [-0.4, -0.2) is 23.3 Å². The molecule has 1 aromatic carbocycles. The molecule has 0 spiro atoms. The summed E-state index contributed by atoms with van der Waals surface area (Å²) in [6.45, 7) is 0.674. The van der Waals surface area contributed by atoms with E-state index in [1.54, 1.807) is 6.07 Å². The van der Waals surface area contributed by atoms with Crippen LogP contribution < -0.4 is 10.6 Å². The van der Waals surface area contributed by atoms with Gasteiger partial charge < -0.3 is 5.32 Å². The molecular formula is C20H21N3O2S2. The monoisotopic (exact) mass is 399 g/mol. The fourth-order valence-electron chi connectivity index (χ4n) is 2.54. The average molecular weight is 400 g/mol. The highest BCUT2D eigenvalue weighted by atomic mass is 32.1. The van der Waals surface area contributed by atoms with Crippen molar-refractivity contribution in [3.63, 3.8) is 0 Å². The van der Waals surface area contributed by atoms with Crippen LogP contribution in [0.1, 0.15) is 33.8 Å². The Labute approximate surface area is 166 Å². The van der Waals surface area contributed by atoms with Gasteiger partial charge in [0.2, 0.25) is 5.91 Å². The molecule has 3 rings (SSSR count). The third-order valence-electron chi connectivity index (χ3n) is 3.93. The number of aryl methyl sites for hydroxylation is 2. The van der Waals surface area contributed by atoms with Gasteiger partial charge in [-0.15, -0.1) is 22.7 Å². The molecule has 0 aliphatic heterocycles. The number of nitrogens with one attached hydrogen (secondary N) is 2. The van der Waals surface area contributed by atoms with Crippen LogP contribution in [0, 0.1) is 0 Å².